The number of nitrogens with zero attached hydrogens (tertiary/aromatic N) is 1. The smallest absolute Gasteiger partial charge is 0.251 e. The molecule has 1 aromatic carbocycles. The highest BCUT2D eigenvalue weighted by Gasteiger charge is 2.42. The minimum Gasteiger partial charge on any atom is -0.349 e. The number of sulfonamides is 1. The van der Waals surface area contributed by atoms with Crippen LogP contribution in [-0.2, 0) is 10.0 Å². The molecule has 1 N–H and O–H groups in total. The number of fused-ring (bicyclic) bond motifs is 2. The maximum atomic E-state index is 12.7. The van der Waals surface area contributed by atoms with E-state index in [4.69, 9.17) is 0 Å². The molecule has 0 aromatic heterocycles. The Bertz CT molecular complexity index is 786. The molecule has 1 saturated heterocycles. The van der Waals surface area contributed by atoms with Gasteiger partial charge in [0.1, 0.15) is 0 Å². The fourth-order valence-electron chi connectivity index (χ4n) is 5.18. The highest BCUT2D eigenvalue weighted by atomic mass is 32.2. The Hall–Kier alpha value is -1.40. The van der Waals surface area contributed by atoms with Crippen molar-refractivity contribution in [2.75, 3.05) is 13.1 Å². The van der Waals surface area contributed by atoms with Gasteiger partial charge in [0.05, 0.1) is 4.90 Å². The number of carbonyl (C=O) groups is 1. The Morgan fingerprint density at radius 1 is 1.19 bits per heavy atom. The van der Waals surface area contributed by atoms with Crippen LogP contribution in [0, 0.1) is 17.8 Å². The molecule has 3 aliphatic rings. The summed E-state index contributed by atoms with van der Waals surface area (Å²) in [5.74, 6) is 1.99. The van der Waals surface area contributed by atoms with E-state index in [0.29, 0.717) is 24.6 Å². The molecule has 0 radical (unpaired) electrons. The van der Waals surface area contributed by atoms with E-state index in [9.17, 15) is 13.2 Å². The molecule has 4 atom stereocenters. The van der Waals surface area contributed by atoms with Crippen LogP contribution in [0.3, 0.4) is 0 Å². The van der Waals surface area contributed by atoms with E-state index in [-0.39, 0.29) is 16.8 Å². The molecule has 142 valence electrons. The number of nitrogens with one attached hydrogen (secondary N) is 1. The normalized spacial score (nSPS) is 29.8. The topological polar surface area (TPSA) is 66.5 Å². The molecular weight excluding hydrogens is 348 g/mol. The molecule has 1 amide bonds. The maximum Gasteiger partial charge on any atom is 0.251 e. The second-order valence-electron chi connectivity index (χ2n) is 8.24. The van der Waals surface area contributed by atoms with Gasteiger partial charge in [-0.3, -0.25) is 4.79 Å². The first-order valence-corrected chi connectivity index (χ1v) is 11.3. The third-order valence-electron chi connectivity index (χ3n) is 6.59. The van der Waals surface area contributed by atoms with E-state index in [1.807, 2.05) is 0 Å². The molecule has 6 heteroatoms. The lowest BCUT2D eigenvalue weighted by Gasteiger charge is -2.28. The first-order chi connectivity index (χ1) is 12.4. The minimum absolute atomic E-state index is 0.136. The summed E-state index contributed by atoms with van der Waals surface area (Å²) in [4.78, 5) is 12.9. The van der Waals surface area contributed by atoms with Gasteiger partial charge in [0.25, 0.3) is 5.91 Å². The molecule has 26 heavy (non-hydrogen) atoms. The van der Waals surface area contributed by atoms with E-state index in [2.05, 4.69) is 12.2 Å². The van der Waals surface area contributed by atoms with Crippen molar-refractivity contribution in [1.29, 1.82) is 0 Å². The highest BCUT2D eigenvalue weighted by Crippen LogP contribution is 2.49. The summed E-state index contributed by atoms with van der Waals surface area (Å²) in [5.41, 5.74) is 0.431. The van der Waals surface area contributed by atoms with Crippen molar-refractivity contribution in [2.24, 2.45) is 17.8 Å². The SMILES string of the molecule is C[C@@H](NC(=O)c1cccc(S(=O)(=O)N2CCCC2)c1)[C@H]1C[C@@H]2CC[C@@H]1C2. The fourth-order valence-corrected chi connectivity index (χ4v) is 6.74. The first kappa shape index (κ1) is 18.0. The van der Waals surface area contributed by atoms with E-state index >= 15 is 0 Å². The van der Waals surface area contributed by atoms with Gasteiger partial charge in [-0.25, -0.2) is 8.42 Å². The Balaban J connectivity index is 1.46. The Morgan fingerprint density at radius 3 is 2.62 bits per heavy atom. The second-order valence-corrected chi connectivity index (χ2v) is 10.2. The monoisotopic (exact) mass is 376 g/mol. The number of hydrogen-bond acceptors (Lipinski definition) is 3. The van der Waals surface area contributed by atoms with Gasteiger partial charge >= 0.3 is 0 Å². The molecule has 3 fully saturated rings. The summed E-state index contributed by atoms with van der Waals surface area (Å²) < 4.78 is 27.0. The van der Waals surface area contributed by atoms with Crippen LogP contribution in [0.1, 0.15) is 55.8 Å². The maximum absolute atomic E-state index is 12.7. The summed E-state index contributed by atoms with van der Waals surface area (Å²) in [6, 6.07) is 6.61. The lowest BCUT2D eigenvalue weighted by molar-refractivity contribution is 0.0915. The Kier molecular flexibility index (Phi) is 4.82. The highest BCUT2D eigenvalue weighted by molar-refractivity contribution is 7.89. The van der Waals surface area contributed by atoms with E-state index < -0.39 is 10.0 Å². The minimum atomic E-state index is -3.49. The van der Waals surface area contributed by atoms with Crippen molar-refractivity contribution in [3.8, 4) is 0 Å². The first-order valence-electron chi connectivity index (χ1n) is 9.86. The Labute approximate surface area is 156 Å². The van der Waals surface area contributed by atoms with Crippen molar-refractivity contribution < 1.29 is 13.2 Å². The average Bonchev–Trinajstić information content (AvgIpc) is 3.39. The molecule has 0 spiro atoms. The molecule has 1 aliphatic heterocycles. The van der Waals surface area contributed by atoms with Gasteiger partial charge in [0.2, 0.25) is 10.0 Å². The molecule has 2 saturated carbocycles. The molecule has 2 aliphatic carbocycles. The predicted molar refractivity (Wildman–Crippen MR) is 100 cm³/mol. The number of amides is 1. The zero-order chi connectivity index (χ0) is 18.3. The summed E-state index contributed by atoms with van der Waals surface area (Å²) >= 11 is 0. The van der Waals surface area contributed by atoms with Gasteiger partial charge in [0, 0.05) is 24.7 Å². The summed E-state index contributed by atoms with van der Waals surface area (Å²) in [6.45, 7) is 3.23. The summed E-state index contributed by atoms with van der Waals surface area (Å²) in [5, 5.41) is 3.12. The van der Waals surface area contributed by atoms with Crippen molar-refractivity contribution in [3.05, 3.63) is 29.8 Å². The third kappa shape index (κ3) is 3.29. The van der Waals surface area contributed by atoms with Crippen molar-refractivity contribution in [3.63, 3.8) is 0 Å². The van der Waals surface area contributed by atoms with Crippen LogP contribution in [0.2, 0.25) is 0 Å². The number of carbonyl (C=O) groups excluding carboxylic acids is 1. The van der Waals surface area contributed by atoms with Crippen LogP contribution in [0.15, 0.2) is 29.2 Å². The third-order valence-corrected chi connectivity index (χ3v) is 8.49. The molecule has 0 unspecified atom stereocenters. The fraction of sp³-hybridized carbons (Fsp3) is 0.650. The number of hydrogen-bond donors (Lipinski definition) is 1. The lowest BCUT2D eigenvalue weighted by atomic mass is 9.84. The Morgan fingerprint density at radius 2 is 1.96 bits per heavy atom. The van der Waals surface area contributed by atoms with Gasteiger partial charge in [0.15, 0.2) is 0 Å². The van der Waals surface area contributed by atoms with Gasteiger partial charge in [-0.1, -0.05) is 12.5 Å². The molecule has 2 bridgehead atoms. The standard InChI is InChI=1S/C20H28N2O3S/c1-14(19-12-15-7-8-16(19)11-15)21-20(23)17-5-4-6-18(13-17)26(24,25)22-9-2-3-10-22/h4-6,13-16,19H,2-3,7-12H2,1H3,(H,21,23)/t14-,15-,16-,19-/m1/s1. The van der Waals surface area contributed by atoms with Crippen LogP contribution in [0.4, 0.5) is 0 Å². The summed E-state index contributed by atoms with van der Waals surface area (Å²) in [6.07, 6.45) is 6.97. The number of rotatable bonds is 5. The van der Waals surface area contributed by atoms with Gasteiger partial charge < -0.3 is 5.32 Å². The van der Waals surface area contributed by atoms with Crippen molar-refractivity contribution in [1.82, 2.24) is 9.62 Å². The molecule has 4 rings (SSSR count). The van der Waals surface area contributed by atoms with Crippen molar-refractivity contribution >= 4 is 15.9 Å². The van der Waals surface area contributed by atoms with Crippen LogP contribution < -0.4 is 5.32 Å². The van der Waals surface area contributed by atoms with Crippen LogP contribution in [0.5, 0.6) is 0 Å². The predicted octanol–water partition coefficient (Wildman–Crippen LogP) is 3.03. The zero-order valence-electron chi connectivity index (χ0n) is 15.4. The average molecular weight is 377 g/mol. The quantitative estimate of drug-likeness (QED) is 0.859. The molecule has 1 aromatic rings. The van der Waals surface area contributed by atoms with E-state index in [0.717, 1.165) is 24.7 Å². The van der Waals surface area contributed by atoms with Gasteiger partial charge in [-0.05, 0) is 75.0 Å². The molecular formula is C20H28N2O3S. The second kappa shape index (κ2) is 6.97. The van der Waals surface area contributed by atoms with Crippen molar-refractivity contribution in [2.45, 2.75) is 56.4 Å². The molecule has 1 heterocycles. The van der Waals surface area contributed by atoms with E-state index in [1.54, 1.807) is 18.2 Å². The lowest BCUT2D eigenvalue weighted by Crippen LogP contribution is -2.40. The largest absolute Gasteiger partial charge is 0.349 e. The van der Waals surface area contributed by atoms with Crippen LogP contribution in [0.25, 0.3) is 0 Å². The van der Waals surface area contributed by atoms with Crippen LogP contribution in [-0.4, -0.2) is 37.8 Å². The molecule has 5 nitrogen and oxygen atoms in total. The van der Waals surface area contributed by atoms with E-state index in [1.165, 1.54) is 36.1 Å². The van der Waals surface area contributed by atoms with Gasteiger partial charge in [-0.2, -0.15) is 4.31 Å². The summed E-state index contributed by atoms with van der Waals surface area (Å²) in [7, 11) is -3.49. The zero-order valence-corrected chi connectivity index (χ0v) is 16.2. The van der Waals surface area contributed by atoms with Gasteiger partial charge in [-0.15, -0.1) is 0 Å². The van der Waals surface area contributed by atoms with Crippen LogP contribution >= 0.6 is 0 Å². The number of benzene rings is 1.